The molecule has 1 aromatic heterocycles. The average Bonchev–Trinajstić information content (AvgIpc) is 2.40. The minimum Gasteiger partial charge on any atom is -0.345 e. The van der Waals surface area contributed by atoms with Gasteiger partial charge in [-0.15, -0.1) is 11.8 Å². The molecule has 0 aliphatic rings. The molecule has 0 amide bonds. The number of aromatic nitrogens is 1. The van der Waals surface area contributed by atoms with Crippen LogP contribution in [0.25, 0.3) is 10.8 Å². The van der Waals surface area contributed by atoms with Gasteiger partial charge in [0.1, 0.15) is 0 Å². The highest BCUT2D eigenvalue weighted by molar-refractivity contribution is 7.98. The Morgan fingerprint density at radius 2 is 2.00 bits per heavy atom. The van der Waals surface area contributed by atoms with E-state index in [4.69, 9.17) is 0 Å². The number of fused-ring (bicyclic) bond motifs is 1. The molecule has 0 unspecified atom stereocenters. The van der Waals surface area contributed by atoms with Crippen molar-refractivity contribution in [3.8, 4) is 0 Å². The Balaban J connectivity index is 2.81. The van der Waals surface area contributed by atoms with Crippen molar-refractivity contribution < 1.29 is 0 Å². The lowest BCUT2D eigenvalue weighted by Gasteiger charge is -1.97. The lowest BCUT2D eigenvalue weighted by molar-refractivity contribution is 0.839. The van der Waals surface area contributed by atoms with E-state index in [9.17, 15) is 0 Å². The van der Waals surface area contributed by atoms with Crippen molar-refractivity contribution in [1.29, 1.82) is 0 Å². The summed E-state index contributed by atoms with van der Waals surface area (Å²) in [5.41, 5.74) is 0. The summed E-state index contributed by atoms with van der Waals surface area (Å²) < 4.78 is 2.18. The molecule has 0 spiro atoms. The molecule has 0 N–H and O–H groups in total. The maximum absolute atomic E-state index is 2.18. The van der Waals surface area contributed by atoms with Crippen LogP contribution in [0.4, 0.5) is 0 Å². The fourth-order valence-corrected chi connectivity index (χ4v) is 2.26. The lowest BCUT2D eigenvalue weighted by Crippen LogP contribution is -1.84. The van der Waals surface area contributed by atoms with E-state index in [0.717, 1.165) is 0 Å². The predicted molar refractivity (Wildman–Crippen MR) is 54.7 cm³/mol. The van der Waals surface area contributed by atoms with E-state index >= 15 is 0 Å². The molecular weight excluding hydrogens is 166 g/mol. The Labute approximate surface area is 76.4 Å². The highest BCUT2D eigenvalue weighted by atomic mass is 32.2. The van der Waals surface area contributed by atoms with Gasteiger partial charge in [-0.05, 0) is 6.26 Å². The number of hydrogen-bond donors (Lipinski definition) is 0. The van der Waals surface area contributed by atoms with E-state index in [1.54, 1.807) is 11.8 Å². The summed E-state index contributed by atoms with van der Waals surface area (Å²) in [6.45, 7) is 0. The first-order chi connectivity index (χ1) is 5.83. The smallest absolute Gasteiger partial charge is 0.0822 e. The van der Waals surface area contributed by atoms with Gasteiger partial charge in [0.15, 0.2) is 0 Å². The molecule has 0 atom stereocenters. The summed E-state index contributed by atoms with van der Waals surface area (Å²) in [6.07, 6.45) is 4.28. The summed E-state index contributed by atoms with van der Waals surface area (Å²) in [5.74, 6) is 0. The van der Waals surface area contributed by atoms with Gasteiger partial charge in [0.2, 0.25) is 0 Å². The summed E-state index contributed by atoms with van der Waals surface area (Å²) in [4.78, 5) is 0. The molecule has 0 bridgehead atoms. The Morgan fingerprint density at radius 3 is 2.75 bits per heavy atom. The quantitative estimate of drug-likeness (QED) is 0.606. The topological polar surface area (TPSA) is 4.93 Å². The largest absolute Gasteiger partial charge is 0.345 e. The third-order valence-electron chi connectivity index (χ3n) is 2.04. The van der Waals surface area contributed by atoms with Crippen LogP contribution in [0.15, 0.2) is 35.5 Å². The monoisotopic (exact) mass is 177 g/mol. The summed E-state index contributed by atoms with van der Waals surface area (Å²) in [7, 11) is 2.09. The second kappa shape index (κ2) is 2.87. The van der Waals surface area contributed by atoms with Crippen molar-refractivity contribution in [2.24, 2.45) is 7.05 Å². The number of hydrogen-bond acceptors (Lipinski definition) is 1. The Hall–Kier alpha value is -0.890. The maximum atomic E-state index is 2.18. The van der Waals surface area contributed by atoms with E-state index < -0.39 is 0 Å². The first-order valence-electron chi connectivity index (χ1n) is 3.91. The lowest BCUT2D eigenvalue weighted by atomic mass is 10.2. The number of nitrogens with zero attached hydrogens (tertiary/aromatic N) is 1. The summed E-state index contributed by atoms with van der Waals surface area (Å²) in [6, 6.07) is 8.48. The maximum Gasteiger partial charge on any atom is 0.0822 e. The standard InChI is InChI=1S/C10H11NS/c1-11-7-8-5-3-4-6-9(8)10(11)12-2/h3-7H,1-2H3. The van der Waals surface area contributed by atoms with Gasteiger partial charge in [-0.3, -0.25) is 0 Å². The Bertz CT molecular complexity index is 403. The fourth-order valence-electron chi connectivity index (χ4n) is 1.52. The van der Waals surface area contributed by atoms with Crippen LogP contribution in [-0.4, -0.2) is 10.8 Å². The van der Waals surface area contributed by atoms with Gasteiger partial charge in [0.05, 0.1) is 5.03 Å². The molecule has 0 radical (unpaired) electrons. The normalized spacial score (nSPS) is 10.8. The number of benzene rings is 1. The molecule has 2 rings (SSSR count). The van der Waals surface area contributed by atoms with Crippen LogP contribution < -0.4 is 0 Å². The Morgan fingerprint density at radius 1 is 1.25 bits per heavy atom. The van der Waals surface area contributed by atoms with Crippen molar-refractivity contribution in [3.63, 3.8) is 0 Å². The van der Waals surface area contributed by atoms with Crippen LogP contribution >= 0.6 is 11.8 Å². The van der Waals surface area contributed by atoms with E-state index in [-0.39, 0.29) is 0 Å². The number of aryl methyl sites for hydroxylation is 1. The molecule has 2 aromatic rings. The fraction of sp³-hybridized carbons (Fsp3) is 0.200. The van der Waals surface area contributed by atoms with Crippen molar-refractivity contribution in [2.75, 3.05) is 6.26 Å². The summed E-state index contributed by atoms with van der Waals surface area (Å²) in [5, 5.41) is 4.02. The third kappa shape index (κ3) is 1.03. The molecule has 0 fully saturated rings. The molecule has 62 valence electrons. The van der Waals surface area contributed by atoms with E-state index in [1.807, 2.05) is 0 Å². The zero-order valence-corrected chi connectivity index (χ0v) is 8.06. The average molecular weight is 177 g/mol. The second-order valence-electron chi connectivity index (χ2n) is 2.84. The van der Waals surface area contributed by atoms with Gasteiger partial charge in [0.25, 0.3) is 0 Å². The molecule has 2 heteroatoms. The highest BCUT2D eigenvalue weighted by Gasteiger charge is 2.03. The molecule has 1 nitrogen and oxygen atoms in total. The molecule has 0 saturated carbocycles. The van der Waals surface area contributed by atoms with Crippen molar-refractivity contribution in [1.82, 2.24) is 4.57 Å². The highest BCUT2D eigenvalue weighted by Crippen LogP contribution is 2.26. The van der Waals surface area contributed by atoms with Crippen LogP contribution in [0, 0.1) is 0 Å². The van der Waals surface area contributed by atoms with Crippen molar-refractivity contribution >= 4 is 22.5 Å². The molecule has 0 aliphatic heterocycles. The van der Waals surface area contributed by atoms with Gasteiger partial charge in [-0.2, -0.15) is 0 Å². The first-order valence-corrected chi connectivity index (χ1v) is 5.13. The summed E-state index contributed by atoms with van der Waals surface area (Å²) >= 11 is 1.79. The van der Waals surface area contributed by atoms with Gasteiger partial charge >= 0.3 is 0 Å². The number of thioether (sulfide) groups is 1. The zero-order chi connectivity index (χ0) is 8.55. The van der Waals surface area contributed by atoms with Crippen LogP contribution in [0.5, 0.6) is 0 Å². The van der Waals surface area contributed by atoms with E-state index in [0.29, 0.717) is 0 Å². The van der Waals surface area contributed by atoms with Gasteiger partial charge in [-0.25, -0.2) is 0 Å². The third-order valence-corrected chi connectivity index (χ3v) is 2.93. The predicted octanol–water partition coefficient (Wildman–Crippen LogP) is 2.90. The molecule has 12 heavy (non-hydrogen) atoms. The zero-order valence-electron chi connectivity index (χ0n) is 7.24. The minimum absolute atomic E-state index is 1.32. The molecule has 0 saturated heterocycles. The van der Waals surface area contributed by atoms with Crippen LogP contribution in [0.3, 0.4) is 0 Å². The molecule has 1 heterocycles. The van der Waals surface area contributed by atoms with Gasteiger partial charge < -0.3 is 4.57 Å². The molecule has 0 aliphatic carbocycles. The van der Waals surface area contributed by atoms with Crippen LogP contribution in [-0.2, 0) is 7.05 Å². The molecule has 1 aromatic carbocycles. The first kappa shape index (κ1) is 7.74. The van der Waals surface area contributed by atoms with Gasteiger partial charge in [-0.1, -0.05) is 24.3 Å². The van der Waals surface area contributed by atoms with Crippen molar-refractivity contribution in [2.45, 2.75) is 5.03 Å². The molecular formula is C10H11NS. The minimum atomic E-state index is 1.32. The van der Waals surface area contributed by atoms with Crippen LogP contribution in [0.2, 0.25) is 0 Å². The van der Waals surface area contributed by atoms with Crippen LogP contribution in [0.1, 0.15) is 0 Å². The van der Waals surface area contributed by atoms with E-state index in [1.165, 1.54) is 15.8 Å². The van der Waals surface area contributed by atoms with Crippen molar-refractivity contribution in [3.05, 3.63) is 30.5 Å². The Kier molecular flexibility index (Phi) is 1.85. The second-order valence-corrected chi connectivity index (χ2v) is 3.63. The van der Waals surface area contributed by atoms with E-state index in [2.05, 4.69) is 48.3 Å². The SMILES string of the molecule is CSc1c2ccccc2cn1C. The number of rotatable bonds is 1. The van der Waals surface area contributed by atoms with Gasteiger partial charge in [0, 0.05) is 24.0 Å².